The van der Waals surface area contributed by atoms with E-state index in [9.17, 15) is 19.2 Å². The highest BCUT2D eigenvalue weighted by Gasteiger charge is 2.36. The lowest BCUT2D eigenvalue weighted by atomic mass is 9.90. The van der Waals surface area contributed by atoms with Gasteiger partial charge >= 0.3 is 11.9 Å². The molecule has 8 heteroatoms. The molecule has 0 heterocycles. The topological polar surface area (TPSA) is 111 Å². The first-order valence-corrected chi connectivity index (χ1v) is 8.68. The highest BCUT2D eigenvalue weighted by molar-refractivity contribution is 6.14. The molecule has 152 valence electrons. The van der Waals surface area contributed by atoms with Crippen molar-refractivity contribution in [2.75, 3.05) is 24.9 Å². The van der Waals surface area contributed by atoms with E-state index in [-0.39, 0.29) is 5.56 Å². The monoisotopic (exact) mass is 398 g/mol. The van der Waals surface area contributed by atoms with Crippen molar-refractivity contribution in [3.05, 3.63) is 59.7 Å². The van der Waals surface area contributed by atoms with E-state index in [2.05, 4.69) is 20.1 Å². The number of hydrogen-bond acceptors (Lipinski definition) is 6. The molecule has 0 saturated carbocycles. The summed E-state index contributed by atoms with van der Waals surface area (Å²) in [7, 11) is 2.54. The molecule has 0 aromatic heterocycles. The molecule has 29 heavy (non-hydrogen) atoms. The Morgan fingerprint density at radius 2 is 1.24 bits per heavy atom. The zero-order valence-corrected chi connectivity index (χ0v) is 16.6. The van der Waals surface area contributed by atoms with Gasteiger partial charge in [0.05, 0.1) is 25.3 Å². The van der Waals surface area contributed by atoms with E-state index < -0.39 is 29.2 Å². The summed E-state index contributed by atoms with van der Waals surface area (Å²) in [5, 5.41) is 5.28. The molecule has 2 aromatic carbocycles. The quantitative estimate of drug-likeness (QED) is 0.572. The van der Waals surface area contributed by atoms with Gasteiger partial charge in [-0.25, -0.2) is 9.59 Å². The number of methoxy groups -OCH3 is 2. The van der Waals surface area contributed by atoms with E-state index in [1.54, 1.807) is 18.2 Å². The van der Waals surface area contributed by atoms with Gasteiger partial charge in [-0.2, -0.15) is 0 Å². The Morgan fingerprint density at radius 3 is 1.79 bits per heavy atom. The van der Waals surface area contributed by atoms with Gasteiger partial charge in [0.2, 0.25) is 11.8 Å². The Labute approximate surface area is 168 Å². The van der Waals surface area contributed by atoms with Gasteiger partial charge in [-0.1, -0.05) is 6.07 Å². The number of anilines is 2. The van der Waals surface area contributed by atoms with Crippen molar-refractivity contribution in [2.24, 2.45) is 5.41 Å². The van der Waals surface area contributed by atoms with Crippen LogP contribution in [0.15, 0.2) is 48.5 Å². The lowest BCUT2D eigenvalue weighted by Crippen LogP contribution is -2.41. The standard InChI is InChI=1S/C21H22N2O6/c1-21(2,19(26)22-15-10-8-13(9-11-15)17(24)28-3)20(27)23-16-7-5-6-14(12-16)18(25)29-4/h5-12H,1-4H3,(H,22,26)(H,23,27). The summed E-state index contributed by atoms with van der Waals surface area (Å²) in [6.45, 7) is 2.95. The molecule has 0 bridgehead atoms. The zero-order chi connectivity index (χ0) is 21.6. The molecule has 2 rings (SSSR count). The Morgan fingerprint density at radius 1 is 0.724 bits per heavy atom. The average molecular weight is 398 g/mol. The number of ether oxygens (including phenoxy) is 2. The molecule has 8 nitrogen and oxygen atoms in total. The van der Waals surface area contributed by atoms with Gasteiger partial charge in [-0.3, -0.25) is 9.59 Å². The minimum atomic E-state index is -1.41. The number of carbonyl (C=O) groups excluding carboxylic acids is 4. The predicted octanol–water partition coefficient (Wildman–Crippen LogP) is 2.86. The molecular weight excluding hydrogens is 376 g/mol. The molecule has 2 N–H and O–H groups in total. The van der Waals surface area contributed by atoms with Gasteiger partial charge in [-0.05, 0) is 56.3 Å². The fraction of sp³-hybridized carbons (Fsp3) is 0.238. The first kappa shape index (κ1) is 21.6. The van der Waals surface area contributed by atoms with Crippen molar-refractivity contribution >= 4 is 35.1 Å². The van der Waals surface area contributed by atoms with Crippen LogP contribution in [0.4, 0.5) is 11.4 Å². The van der Waals surface area contributed by atoms with Gasteiger partial charge in [0.1, 0.15) is 5.41 Å². The van der Waals surface area contributed by atoms with Crippen LogP contribution >= 0.6 is 0 Å². The Hall–Kier alpha value is -3.68. The Bertz CT molecular complexity index is 934. The van der Waals surface area contributed by atoms with Crippen molar-refractivity contribution in [1.82, 2.24) is 0 Å². The summed E-state index contributed by atoms with van der Waals surface area (Å²) in [6, 6.07) is 12.3. The number of amides is 2. The maximum atomic E-state index is 12.6. The smallest absolute Gasteiger partial charge is 0.337 e. The molecule has 0 radical (unpaired) electrons. The Kier molecular flexibility index (Phi) is 6.71. The first-order chi connectivity index (χ1) is 13.7. The third kappa shape index (κ3) is 5.19. The molecule has 0 aliphatic rings. The fourth-order valence-electron chi connectivity index (χ4n) is 2.33. The van der Waals surface area contributed by atoms with Crippen LogP contribution in [0, 0.1) is 5.41 Å². The van der Waals surface area contributed by atoms with E-state index in [4.69, 9.17) is 0 Å². The summed E-state index contributed by atoms with van der Waals surface area (Å²) >= 11 is 0. The molecular formula is C21H22N2O6. The van der Waals surface area contributed by atoms with E-state index >= 15 is 0 Å². The molecule has 2 amide bonds. The summed E-state index contributed by atoms with van der Waals surface area (Å²) < 4.78 is 9.28. The number of esters is 2. The van der Waals surface area contributed by atoms with Crippen LogP contribution in [-0.2, 0) is 19.1 Å². The van der Waals surface area contributed by atoms with Crippen LogP contribution in [0.5, 0.6) is 0 Å². The second kappa shape index (κ2) is 9.01. The van der Waals surface area contributed by atoms with Crippen LogP contribution in [0.1, 0.15) is 34.6 Å². The summed E-state index contributed by atoms with van der Waals surface area (Å²) in [5.41, 5.74) is -0.00822. The van der Waals surface area contributed by atoms with Crippen molar-refractivity contribution in [3.8, 4) is 0 Å². The summed E-state index contributed by atoms with van der Waals surface area (Å²) in [4.78, 5) is 48.4. The van der Waals surface area contributed by atoms with Gasteiger partial charge < -0.3 is 20.1 Å². The zero-order valence-electron chi connectivity index (χ0n) is 16.6. The van der Waals surface area contributed by atoms with Crippen LogP contribution in [0.3, 0.4) is 0 Å². The van der Waals surface area contributed by atoms with Crippen LogP contribution in [0.25, 0.3) is 0 Å². The SMILES string of the molecule is COC(=O)c1ccc(NC(=O)C(C)(C)C(=O)Nc2cccc(C(=O)OC)c2)cc1. The highest BCUT2D eigenvalue weighted by Crippen LogP contribution is 2.22. The maximum absolute atomic E-state index is 12.6. The molecule has 0 aliphatic carbocycles. The van der Waals surface area contributed by atoms with Crippen molar-refractivity contribution in [2.45, 2.75) is 13.8 Å². The summed E-state index contributed by atoms with van der Waals surface area (Å²) in [6.07, 6.45) is 0. The third-order valence-electron chi connectivity index (χ3n) is 4.24. The predicted molar refractivity (Wildman–Crippen MR) is 107 cm³/mol. The molecule has 0 spiro atoms. The normalized spacial score (nSPS) is 10.6. The van der Waals surface area contributed by atoms with Crippen molar-refractivity contribution in [3.63, 3.8) is 0 Å². The van der Waals surface area contributed by atoms with Gasteiger partial charge in [0.15, 0.2) is 0 Å². The number of hydrogen-bond donors (Lipinski definition) is 2. The second-order valence-corrected chi connectivity index (χ2v) is 6.67. The average Bonchev–Trinajstić information content (AvgIpc) is 2.73. The second-order valence-electron chi connectivity index (χ2n) is 6.67. The largest absolute Gasteiger partial charge is 0.465 e. The number of benzene rings is 2. The molecule has 0 atom stereocenters. The third-order valence-corrected chi connectivity index (χ3v) is 4.24. The molecule has 0 fully saturated rings. The van der Waals surface area contributed by atoms with Crippen molar-refractivity contribution in [1.29, 1.82) is 0 Å². The van der Waals surface area contributed by atoms with E-state index in [1.165, 1.54) is 58.4 Å². The number of carbonyl (C=O) groups is 4. The van der Waals surface area contributed by atoms with Crippen LogP contribution in [-0.4, -0.2) is 38.0 Å². The van der Waals surface area contributed by atoms with E-state index in [1.807, 2.05) is 0 Å². The maximum Gasteiger partial charge on any atom is 0.337 e. The van der Waals surface area contributed by atoms with Gasteiger partial charge in [0, 0.05) is 11.4 Å². The first-order valence-electron chi connectivity index (χ1n) is 8.68. The molecule has 2 aromatic rings. The van der Waals surface area contributed by atoms with Gasteiger partial charge in [0.25, 0.3) is 0 Å². The minimum Gasteiger partial charge on any atom is -0.465 e. The molecule has 0 unspecified atom stereocenters. The minimum absolute atomic E-state index is 0.276. The number of nitrogens with one attached hydrogen (secondary N) is 2. The summed E-state index contributed by atoms with van der Waals surface area (Å²) in [5.74, 6) is -2.11. The molecule has 0 saturated heterocycles. The number of rotatable bonds is 6. The van der Waals surface area contributed by atoms with Gasteiger partial charge in [-0.15, -0.1) is 0 Å². The van der Waals surface area contributed by atoms with E-state index in [0.29, 0.717) is 16.9 Å². The van der Waals surface area contributed by atoms with E-state index in [0.717, 1.165) is 0 Å². The Balaban J connectivity index is 2.08. The highest BCUT2D eigenvalue weighted by atomic mass is 16.5. The van der Waals surface area contributed by atoms with Crippen molar-refractivity contribution < 1.29 is 28.7 Å². The lowest BCUT2D eigenvalue weighted by Gasteiger charge is -2.23. The van der Waals surface area contributed by atoms with Crippen LogP contribution < -0.4 is 10.6 Å². The lowest BCUT2D eigenvalue weighted by molar-refractivity contribution is -0.135. The fourth-order valence-corrected chi connectivity index (χ4v) is 2.33. The van der Waals surface area contributed by atoms with Crippen LogP contribution in [0.2, 0.25) is 0 Å². The molecule has 0 aliphatic heterocycles.